The zero-order valence-electron chi connectivity index (χ0n) is 14.6. The first-order valence-corrected chi connectivity index (χ1v) is 9.96. The van der Waals surface area contributed by atoms with Gasteiger partial charge in [0.05, 0.1) is 18.1 Å². The standard InChI is InChI=1S/C21H20FNO3S/c22-20-9-11-21(12-10-20)27(24,25)23-14-18-7-4-8-19(13-18)16-26-15-17-5-2-1-3-6-17/h1-13,23H,14-16H2. The van der Waals surface area contributed by atoms with Crippen molar-refractivity contribution in [1.82, 2.24) is 4.72 Å². The van der Waals surface area contributed by atoms with E-state index in [1.54, 1.807) is 0 Å². The van der Waals surface area contributed by atoms with Crippen LogP contribution in [0.5, 0.6) is 0 Å². The minimum absolute atomic E-state index is 0.0336. The normalized spacial score (nSPS) is 11.4. The van der Waals surface area contributed by atoms with Crippen LogP contribution in [-0.4, -0.2) is 8.42 Å². The maximum atomic E-state index is 13.0. The predicted molar refractivity (Wildman–Crippen MR) is 102 cm³/mol. The van der Waals surface area contributed by atoms with Gasteiger partial charge in [-0.05, 0) is 41.0 Å². The fraction of sp³-hybridized carbons (Fsp3) is 0.143. The molecule has 0 radical (unpaired) electrons. The molecule has 0 aliphatic heterocycles. The van der Waals surface area contributed by atoms with E-state index in [9.17, 15) is 12.8 Å². The van der Waals surface area contributed by atoms with Crippen molar-refractivity contribution in [3.8, 4) is 0 Å². The van der Waals surface area contributed by atoms with Crippen LogP contribution in [0.1, 0.15) is 16.7 Å². The van der Waals surface area contributed by atoms with Crippen molar-refractivity contribution in [1.29, 1.82) is 0 Å². The quantitative estimate of drug-likeness (QED) is 0.637. The van der Waals surface area contributed by atoms with Gasteiger partial charge in [0.25, 0.3) is 0 Å². The van der Waals surface area contributed by atoms with Crippen molar-refractivity contribution >= 4 is 10.0 Å². The van der Waals surface area contributed by atoms with Gasteiger partial charge in [-0.1, -0.05) is 54.6 Å². The van der Waals surface area contributed by atoms with Gasteiger partial charge in [-0.15, -0.1) is 0 Å². The zero-order valence-corrected chi connectivity index (χ0v) is 15.5. The number of rotatable bonds is 8. The molecule has 0 aromatic heterocycles. The Labute approximate surface area is 158 Å². The number of halogens is 1. The molecule has 1 N–H and O–H groups in total. The summed E-state index contributed by atoms with van der Waals surface area (Å²) in [5, 5.41) is 0. The van der Waals surface area contributed by atoms with Gasteiger partial charge in [-0.3, -0.25) is 0 Å². The molecule has 27 heavy (non-hydrogen) atoms. The lowest BCUT2D eigenvalue weighted by Gasteiger charge is -2.09. The molecule has 0 aliphatic carbocycles. The second-order valence-electron chi connectivity index (χ2n) is 6.08. The van der Waals surface area contributed by atoms with Gasteiger partial charge in [0.1, 0.15) is 5.82 Å². The van der Waals surface area contributed by atoms with Crippen molar-refractivity contribution in [2.24, 2.45) is 0 Å². The molecule has 0 atom stereocenters. The third-order valence-electron chi connectivity index (χ3n) is 3.96. The predicted octanol–water partition coefficient (Wildman–Crippen LogP) is 4.02. The molecular weight excluding hydrogens is 365 g/mol. The molecule has 6 heteroatoms. The maximum absolute atomic E-state index is 13.0. The maximum Gasteiger partial charge on any atom is 0.240 e. The molecule has 0 saturated carbocycles. The Morgan fingerprint density at radius 1 is 0.778 bits per heavy atom. The van der Waals surface area contributed by atoms with E-state index in [4.69, 9.17) is 4.74 Å². The van der Waals surface area contributed by atoms with E-state index >= 15 is 0 Å². The highest BCUT2D eigenvalue weighted by Gasteiger charge is 2.13. The van der Waals surface area contributed by atoms with Gasteiger partial charge < -0.3 is 4.74 Å². The fourth-order valence-electron chi connectivity index (χ4n) is 2.57. The number of benzene rings is 3. The van der Waals surface area contributed by atoms with Gasteiger partial charge in [0, 0.05) is 6.54 Å². The summed E-state index contributed by atoms with van der Waals surface area (Å²) >= 11 is 0. The summed E-state index contributed by atoms with van der Waals surface area (Å²) < 4.78 is 45.7. The molecule has 0 amide bonds. The Morgan fingerprint density at radius 3 is 2.15 bits per heavy atom. The summed E-state index contributed by atoms with van der Waals surface area (Å²) in [4.78, 5) is 0.0336. The largest absolute Gasteiger partial charge is 0.372 e. The van der Waals surface area contributed by atoms with Crippen molar-refractivity contribution in [3.63, 3.8) is 0 Å². The van der Waals surface area contributed by atoms with Gasteiger partial charge in [0.15, 0.2) is 0 Å². The summed E-state index contributed by atoms with van der Waals surface area (Å²) in [6.45, 7) is 1.10. The number of hydrogen-bond donors (Lipinski definition) is 1. The molecule has 0 fully saturated rings. The highest BCUT2D eigenvalue weighted by Crippen LogP contribution is 2.12. The molecule has 0 saturated heterocycles. The summed E-state index contributed by atoms with van der Waals surface area (Å²) in [5.41, 5.74) is 2.88. The summed E-state index contributed by atoms with van der Waals surface area (Å²) in [6.07, 6.45) is 0. The first-order valence-electron chi connectivity index (χ1n) is 8.48. The van der Waals surface area contributed by atoms with Gasteiger partial charge in [-0.2, -0.15) is 0 Å². The molecule has 3 rings (SSSR count). The van der Waals surface area contributed by atoms with Crippen molar-refractivity contribution in [2.45, 2.75) is 24.7 Å². The minimum atomic E-state index is -3.69. The first-order chi connectivity index (χ1) is 13.0. The van der Waals surface area contributed by atoms with E-state index in [-0.39, 0.29) is 11.4 Å². The third-order valence-corrected chi connectivity index (χ3v) is 5.38. The molecule has 0 unspecified atom stereocenters. The van der Waals surface area contributed by atoms with Crippen LogP contribution in [0.3, 0.4) is 0 Å². The average molecular weight is 385 g/mol. The molecule has 3 aromatic carbocycles. The first kappa shape index (κ1) is 19.2. The van der Waals surface area contributed by atoms with E-state index in [0.717, 1.165) is 28.8 Å². The van der Waals surface area contributed by atoms with Crippen LogP contribution >= 0.6 is 0 Å². The van der Waals surface area contributed by atoms with Crippen LogP contribution in [0, 0.1) is 5.82 Å². The molecule has 4 nitrogen and oxygen atoms in total. The van der Waals surface area contributed by atoms with Gasteiger partial charge in [-0.25, -0.2) is 17.5 Å². The lowest BCUT2D eigenvalue weighted by Crippen LogP contribution is -2.23. The van der Waals surface area contributed by atoms with E-state index < -0.39 is 15.8 Å². The highest BCUT2D eigenvalue weighted by molar-refractivity contribution is 7.89. The second kappa shape index (κ2) is 8.90. The number of nitrogens with one attached hydrogen (secondary N) is 1. The lowest BCUT2D eigenvalue weighted by atomic mass is 10.1. The highest BCUT2D eigenvalue weighted by atomic mass is 32.2. The van der Waals surface area contributed by atoms with E-state index in [2.05, 4.69) is 4.72 Å². The minimum Gasteiger partial charge on any atom is -0.372 e. The third kappa shape index (κ3) is 5.72. The molecular formula is C21H20FNO3S. The summed E-state index contributed by atoms with van der Waals surface area (Å²) in [7, 11) is -3.69. The topological polar surface area (TPSA) is 55.4 Å². The molecule has 0 spiro atoms. The molecule has 140 valence electrons. The van der Waals surface area contributed by atoms with Crippen LogP contribution in [0.25, 0.3) is 0 Å². The van der Waals surface area contributed by atoms with Crippen LogP contribution in [0.2, 0.25) is 0 Å². The van der Waals surface area contributed by atoms with Gasteiger partial charge in [0.2, 0.25) is 10.0 Å². The van der Waals surface area contributed by atoms with Crippen molar-refractivity contribution in [2.75, 3.05) is 0 Å². The second-order valence-corrected chi connectivity index (χ2v) is 7.84. The van der Waals surface area contributed by atoms with E-state index in [1.807, 2.05) is 54.6 Å². The van der Waals surface area contributed by atoms with E-state index in [1.165, 1.54) is 12.1 Å². The Bertz CT molecular complexity index is 974. The Morgan fingerprint density at radius 2 is 1.41 bits per heavy atom. The smallest absolute Gasteiger partial charge is 0.240 e. The molecule has 0 heterocycles. The number of sulfonamides is 1. The molecule has 0 bridgehead atoms. The van der Waals surface area contributed by atoms with Crippen molar-refractivity contribution < 1.29 is 17.5 Å². The van der Waals surface area contributed by atoms with Crippen molar-refractivity contribution in [3.05, 3.63) is 101 Å². The number of ether oxygens (including phenoxy) is 1. The summed E-state index contributed by atoms with van der Waals surface area (Å²) in [5.74, 6) is -0.475. The lowest BCUT2D eigenvalue weighted by molar-refractivity contribution is 0.107. The molecule has 3 aromatic rings. The molecule has 0 aliphatic rings. The Kier molecular flexibility index (Phi) is 6.34. The monoisotopic (exact) mass is 385 g/mol. The number of hydrogen-bond acceptors (Lipinski definition) is 3. The fourth-order valence-corrected chi connectivity index (χ4v) is 3.58. The van der Waals surface area contributed by atoms with Crippen LogP contribution < -0.4 is 4.72 Å². The summed E-state index contributed by atoms with van der Waals surface area (Å²) in [6, 6.07) is 22.2. The SMILES string of the molecule is O=S(=O)(NCc1cccc(COCc2ccccc2)c1)c1ccc(F)cc1. The average Bonchev–Trinajstić information content (AvgIpc) is 2.68. The van der Waals surface area contributed by atoms with Gasteiger partial charge >= 0.3 is 0 Å². The van der Waals surface area contributed by atoms with Crippen LogP contribution in [-0.2, 0) is 34.5 Å². The Hall–Kier alpha value is -2.54. The van der Waals surface area contributed by atoms with E-state index in [0.29, 0.717) is 13.2 Å². The zero-order chi connectivity index (χ0) is 19.1. The van der Waals surface area contributed by atoms with Crippen LogP contribution in [0.15, 0.2) is 83.8 Å². The van der Waals surface area contributed by atoms with Crippen LogP contribution in [0.4, 0.5) is 4.39 Å². The Balaban J connectivity index is 1.56.